The van der Waals surface area contributed by atoms with Gasteiger partial charge in [0.2, 0.25) is 0 Å². The van der Waals surface area contributed by atoms with Crippen LogP contribution in [-0.4, -0.2) is 28.4 Å². The predicted octanol–water partition coefficient (Wildman–Crippen LogP) is 1.46. The van der Waals surface area contributed by atoms with Gasteiger partial charge < -0.3 is 10.1 Å². The third kappa shape index (κ3) is 1.70. The first-order chi connectivity index (χ1) is 6.71. The largest absolute Gasteiger partial charge is 0.376 e. The summed E-state index contributed by atoms with van der Waals surface area (Å²) in [7, 11) is 0. The van der Waals surface area contributed by atoms with E-state index in [0.29, 0.717) is 0 Å². The van der Waals surface area contributed by atoms with Crippen LogP contribution in [0.15, 0.2) is 18.3 Å². The Balaban J connectivity index is 2.10. The number of nitrogens with zero attached hydrogens (tertiary/aromatic N) is 2. The molecule has 1 aromatic rings. The Kier molecular flexibility index (Phi) is 2.37. The summed E-state index contributed by atoms with van der Waals surface area (Å²) in [6.45, 7) is 5.04. The van der Waals surface area contributed by atoms with Crippen LogP contribution in [0.2, 0.25) is 0 Å². The highest BCUT2D eigenvalue weighted by molar-refractivity contribution is 5.36. The number of nitrogens with one attached hydrogen (secondary N) is 1. The summed E-state index contributed by atoms with van der Waals surface area (Å²) in [5.74, 6) is 0.812. The van der Waals surface area contributed by atoms with Gasteiger partial charge in [-0.05, 0) is 32.4 Å². The predicted molar refractivity (Wildman–Crippen MR) is 54.1 cm³/mol. The lowest BCUT2D eigenvalue weighted by atomic mass is 9.95. The van der Waals surface area contributed by atoms with Crippen molar-refractivity contribution >= 4 is 5.82 Å². The summed E-state index contributed by atoms with van der Waals surface area (Å²) in [4.78, 5) is 0. The van der Waals surface area contributed by atoms with Crippen molar-refractivity contribution in [3.63, 3.8) is 0 Å². The van der Waals surface area contributed by atoms with Crippen molar-refractivity contribution in [1.82, 2.24) is 10.2 Å². The second kappa shape index (κ2) is 3.53. The molecule has 4 nitrogen and oxygen atoms in total. The molecule has 14 heavy (non-hydrogen) atoms. The van der Waals surface area contributed by atoms with Gasteiger partial charge in [0, 0.05) is 12.8 Å². The van der Waals surface area contributed by atoms with Crippen LogP contribution in [0.4, 0.5) is 5.82 Å². The van der Waals surface area contributed by atoms with E-state index in [4.69, 9.17) is 4.74 Å². The number of anilines is 1. The fourth-order valence-corrected chi connectivity index (χ4v) is 1.66. The first-order valence-electron chi connectivity index (χ1n) is 4.88. The topological polar surface area (TPSA) is 47.0 Å². The SMILES string of the molecule is CC1OCCC1(C)Nc1cccnn1. The lowest BCUT2D eigenvalue weighted by Crippen LogP contribution is -2.41. The van der Waals surface area contributed by atoms with E-state index in [-0.39, 0.29) is 11.6 Å². The van der Waals surface area contributed by atoms with Crippen molar-refractivity contribution < 1.29 is 4.74 Å². The maximum absolute atomic E-state index is 5.53. The summed E-state index contributed by atoms with van der Waals surface area (Å²) in [6, 6.07) is 3.79. The summed E-state index contributed by atoms with van der Waals surface area (Å²) < 4.78 is 5.53. The number of rotatable bonds is 2. The zero-order chi connectivity index (χ0) is 10.0. The van der Waals surface area contributed by atoms with E-state index in [0.717, 1.165) is 18.8 Å². The van der Waals surface area contributed by atoms with Gasteiger partial charge in [0.25, 0.3) is 0 Å². The lowest BCUT2D eigenvalue weighted by molar-refractivity contribution is 0.105. The molecule has 1 aliphatic rings. The van der Waals surface area contributed by atoms with Crippen LogP contribution >= 0.6 is 0 Å². The van der Waals surface area contributed by atoms with Crippen molar-refractivity contribution in [3.8, 4) is 0 Å². The molecule has 1 N–H and O–H groups in total. The normalized spacial score (nSPS) is 31.7. The van der Waals surface area contributed by atoms with Gasteiger partial charge in [0.05, 0.1) is 11.6 Å². The highest BCUT2D eigenvalue weighted by atomic mass is 16.5. The Morgan fingerprint density at radius 1 is 1.64 bits per heavy atom. The Morgan fingerprint density at radius 2 is 2.50 bits per heavy atom. The van der Waals surface area contributed by atoms with Crippen LogP contribution in [0.5, 0.6) is 0 Å². The van der Waals surface area contributed by atoms with Gasteiger partial charge in [-0.15, -0.1) is 5.10 Å². The fourth-order valence-electron chi connectivity index (χ4n) is 1.66. The van der Waals surface area contributed by atoms with Crippen molar-refractivity contribution in [2.75, 3.05) is 11.9 Å². The van der Waals surface area contributed by atoms with Crippen LogP contribution < -0.4 is 5.32 Å². The smallest absolute Gasteiger partial charge is 0.149 e. The third-order valence-electron chi connectivity index (χ3n) is 2.87. The number of hydrogen-bond acceptors (Lipinski definition) is 4. The fraction of sp³-hybridized carbons (Fsp3) is 0.600. The molecule has 1 aromatic heterocycles. The maximum atomic E-state index is 5.53. The molecule has 2 unspecified atom stereocenters. The first kappa shape index (κ1) is 9.40. The molecule has 0 amide bonds. The summed E-state index contributed by atoms with van der Waals surface area (Å²) >= 11 is 0. The van der Waals surface area contributed by atoms with E-state index in [1.165, 1.54) is 0 Å². The Labute approximate surface area is 83.7 Å². The molecular formula is C10H15N3O. The van der Waals surface area contributed by atoms with E-state index >= 15 is 0 Å². The molecule has 0 radical (unpaired) electrons. The van der Waals surface area contributed by atoms with Gasteiger partial charge in [-0.1, -0.05) is 0 Å². The van der Waals surface area contributed by atoms with Gasteiger partial charge in [0.1, 0.15) is 5.82 Å². The molecule has 0 aliphatic carbocycles. The Bertz CT molecular complexity index is 303. The minimum atomic E-state index is -0.0178. The van der Waals surface area contributed by atoms with Crippen LogP contribution in [0.1, 0.15) is 20.3 Å². The minimum absolute atomic E-state index is 0.0178. The Hall–Kier alpha value is -1.16. The Morgan fingerprint density at radius 3 is 3.07 bits per heavy atom. The van der Waals surface area contributed by atoms with Crippen LogP contribution in [0.3, 0.4) is 0 Å². The standard InChI is InChI=1S/C10H15N3O/c1-8-10(2,5-7-14-8)12-9-4-3-6-11-13-9/h3-4,6,8H,5,7H2,1-2H3,(H,12,13). The average Bonchev–Trinajstić information content (AvgIpc) is 2.48. The monoisotopic (exact) mass is 193 g/mol. The van der Waals surface area contributed by atoms with E-state index in [1.807, 2.05) is 12.1 Å². The molecule has 1 aliphatic heterocycles. The van der Waals surface area contributed by atoms with E-state index in [9.17, 15) is 0 Å². The highest BCUT2D eigenvalue weighted by Crippen LogP contribution is 2.28. The quantitative estimate of drug-likeness (QED) is 0.772. The molecule has 0 saturated carbocycles. The summed E-state index contributed by atoms with van der Waals surface area (Å²) in [6.07, 6.45) is 2.89. The molecule has 1 fully saturated rings. The van der Waals surface area contributed by atoms with Gasteiger partial charge in [-0.25, -0.2) is 0 Å². The number of aromatic nitrogens is 2. The molecule has 76 valence electrons. The summed E-state index contributed by atoms with van der Waals surface area (Å²) in [5, 5.41) is 11.2. The van der Waals surface area contributed by atoms with E-state index in [1.54, 1.807) is 6.20 Å². The molecular weight excluding hydrogens is 178 g/mol. The third-order valence-corrected chi connectivity index (χ3v) is 2.87. The minimum Gasteiger partial charge on any atom is -0.376 e. The van der Waals surface area contributed by atoms with Crippen molar-refractivity contribution in [1.29, 1.82) is 0 Å². The van der Waals surface area contributed by atoms with E-state index in [2.05, 4.69) is 29.4 Å². The maximum Gasteiger partial charge on any atom is 0.149 e. The van der Waals surface area contributed by atoms with Crippen LogP contribution in [0, 0.1) is 0 Å². The lowest BCUT2D eigenvalue weighted by Gasteiger charge is -2.29. The molecule has 0 spiro atoms. The van der Waals surface area contributed by atoms with Crippen LogP contribution in [-0.2, 0) is 4.74 Å². The highest BCUT2D eigenvalue weighted by Gasteiger charge is 2.37. The molecule has 2 atom stereocenters. The first-order valence-corrected chi connectivity index (χ1v) is 4.88. The zero-order valence-corrected chi connectivity index (χ0v) is 8.53. The number of ether oxygens (including phenoxy) is 1. The van der Waals surface area contributed by atoms with Gasteiger partial charge >= 0.3 is 0 Å². The molecule has 0 bridgehead atoms. The van der Waals surface area contributed by atoms with Crippen molar-refractivity contribution in [2.24, 2.45) is 0 Å². The molecule has 4 heteroatoms. The number of hydrogen-bond donors (Lipinski definition) is 1. The van der Waals surface area contributed by atoms with Crippen molar-refractivity contribution in [3.05, 3.63) is 18.3 Å². The van der Waals surface area contributed by atoms with E-state index < -0.39 is 0 Å². The summed E-state index contributed by atoms with van der Waals surface area (Å²) in [5.41, 5.74) is -0.0178. The van der Waals surface area contributed by atoms with Crippen molar-refractivity contribution in [2.45, 2.75) is 31.9 Å². The zero-order valence-electron chi connectivity index (χ0n) is 8.53. The second-order valence-corrected chi connectivity index (χ2v) is 3.91. The van der Waals surface area contributed by atoms with Crippen LogP contribution in [0.25, 0.3) is 0 Å². The molecule has 2 rings (SSSR count). The second-order valence-electron chi connectivity index (χ2n) is 3.91. The van der Waals surface area contributed by atoms with Gasteiger partial charge in [-0.3, -0.25) is 0 Å². The molecule has 0 aromatic carbocycles. The van der Waals surface area contributed by atoms with Gasteiger partial charge in [-0.2, -0.15) is 5.10 Å². The van der Waals surface area contributed by atoms with Gasteiger partial charge in [0.15, 0.2) is 0 Å². The average molecular weight is 193 g/mol. The molecule has 2 heterocycles. The molecule has 1 saturated heterocycles.